The fourth-order valence-corrected chi connectivity index (χ4v) is 6.62. The van der Waals surface area contributed by atoms with Crippen LogP contribution in [0.4, 0.5) is 5.82 Å². The van der Waals surface area contributed by atoms with E-state index in [4.69, 9.17) is 15.3 Å². The van der Waals surface area contributed by atoms with E-state index in [-0.39, 0.29) is 46.3 Å². The molecular weight excluding hydrogens is 494 g/mol. The maximum atomic E-state index is 13.4. The van der Waals surface area contributed by atoms with Crippen molar-refractivity contribution in [3.63, 3.8) is 0 Å². The molecule has 1 aromatic carbocycles. The zero-order valence-corrected chi connectivity index (χ0v) is 21.9. The Balaban J connectivity index is 1.33. The fourth-order valence-electron chi connectivity index (χ4n) is 5.33. The lowest BCUT2D eigenvalue weighted by Crippen LogP contribution is -2.43. The van der Waals surface area contributed by atoms with Crippen LogP contribution in [-0.4, -0.2) is 53.7 Å². The van der Waals surface area contributed by atoms with E-state index in [1.807, 2.05) is 6.92 Å². The molecule has 10 nitrogen and oxygen atoms in total. The van der Waals surface area contributed by atoms with Crippen molar-refractivity contribution in [2.75, 3.05) is 18.2 Å². The highest BCUT2D eigenvalue weighted by molar-refractivity contribution is 7.90. The van der Waals surface area contributed by atoms with E-state index in [1.54, 1.807) is 30.3 Å². The number of anilines is 1. The van der Waals surface area contributed by atoms with Gasteiger partial charge >= 0.3 is 0 Å². The number of benzene rings is 1. The van der Waals surface area contributed by atoms with Crippen LogP contribution < -0.4 is 10.9 Å². The Bertz CT molecular complexity index is 1370. The SMILES string of the molecule is CCC1CC(OC2CCOCC2)CC1C(=O)N(N)c1cnc2c(ccn2S(=O)(=O)c2ccc(C)cc2)n1. The van der Waals surface area contributed by atoms with Gasteiger partial charge in [-0.1, -0.05) is 31.0 Å². The van der Waals surface area contributed by atoms with Crippen LogP contribution in [0.5, 0.6) is 0 Å². The quantitative estimate of drug-likeness (QED) is 0.282. The van der Waals surface area contributed by atoms with Gasteiger partial charge in [0.05, 0.1) is 23.3 Å². The van der Waals surface area contributed by atoms with Gasteiger partial charge < -0.3 is 9.47 Å². The van der Waals surface area contributed by atoms with Crippen LogP contribution in [0.3, 0.4) is 0 Å². The summed E-state index contributed by atoms with van der Waals surface area (Å²) >= 11 is 0. The molecule has 1 saturated heterocycles. The molecule has 1 aliphatic heterocycles. The van der Waals surface area contributed by atoms with Crippen molar-refractivity contribution < 1.29 is 22.7 Å². The highest BCUT2D eigenvalue weighted by atomic mass is 32.2. The number of carbonyl (C=O) groups is 1. The van der Waals surface area contributed by atoms with E-state index in [2.05, 4.69) is 16.9 Å². The van der Waals surface area contributed by atoms with Gasteiger partial charge in [0.2, 0.25) is 5.91 Å². The van der Waals surface area contributed by atoms with Gasteiger partial charge in [0, 0.05) is 25.3 Å². The number of carbonyl (C=O) groups excluding carboxylic acids is 1. The molecule has 11 heteroatoms. The van der Waals surface area contributed by atoms with Crippen LogP contribution in [0.25, 0.3) is 11.2 Å². The molecule has 1 saturated carbocycles. The van der Waals surface area contributed by atoms with Crippen LogP contribution in [0.2, 0.25) is 0 Å². The van der Waals surface area contributed by atoms with E-state index in [0.717, 1.165) is 40.2 Å². The summed E-state index contributed by atoms with van der Waals surface area (Å²) in [6.45, 7) is 5.39. The Hall–Kier alpha value is -2.86. The second kappa shape index (κ2) is 10.5. The van der Waals surface area contributed by atoms with Crippen LogP contribution in [0.15, 0.2) is 47.6 Å². The summed E-state index contributed by atoms with van der Waals surface area (Å²) in [6, 6.07) is 8.16. The van der Waals surface area contributed by atoms with Gasteiger partial charge in [0.1, 0.15) is 5.52 Å². The lowest BCUT2D eigenvalue weighted by molar-refractivity contribution is -0.124. The Morgan fingerprint density at radius 1 is 1.16 bits per heavy atom. The highest BCUT2D eigenvalue weighted by Crippen LogP contribution is 2.38. The van der Waals surface area contributed by atoms with Crippen LogP contribution in [0.1, 0.15) is 44.6 Å². The molecule has 3 aromatic rings. The second-order valence-electron chi connectivity index (χ2n) is 9.89. The van der Waals surface area contributed by atoms with Crippen LogP contribution >= 0.6 is 0 Å². The zero-order valence-electron chi connectivity index (χ0n) is 21.1. The minimum absolute atomic E-state index is 0.0185. The standard InChI is InChI=1S/C26H33N5O5S/c1-3-18-14-20(36-19-9-12-35-13-10-19)15-22(18)26(32)31(27)24-16-28-25-23(29-24)8-11-30(25)37(33,34)21-6-4-17(2)5-7-21/h4-8,11,16,18-20,22H,3,9-10,12-15,27H2,1-2H3. The number of hydrogen-bond donors (Lipinski definition) is 1. The molecule has 3 atom stereocenters. The average molecular weight is 528 g/mol. The molecule has 0 spiro atoms. The van der Waals surface area contributed by atoms with Gasteiger partial charge in [-0.25, -0.2) is 33.2 Å². The molecule has 1 aliphatic carbocycles. The first-order valence-electron chi connectivity index (χ1n) is 12.8. The zero-order chi connectivity index (χ0) is 26.2. The molecule has 2 aromatic heterocycles. The summed E-state index contributed by atoms with van der Waals surface area (Å²) in [5.41, 5.74) is 1.46. The Labute approximate surface area is 216 Å². The third kappa shape index (κ3) is 5.13. The van der Waals surface area contributed by atoms with Gasteiger partial charge in [0.15, 0.2) is 11.5 Å². The van der Waals surface area contributed by atoms with E-state index in [9.17, 15) is 13.2 Å². The van der Waals surface area contributed by atoms with E-state index >= 15 is 0 Å². The minimum Gasteiger partial charge on any atom is -0.381 e. The topological polar surface area (TPSA) is 130 Å². The number of aromatic nitrogens is 3. The largest absolute Gasteiger partial charge is 0.381 e. The van der Waals surface area contributed by atoms with Crippen molar-refractivity contribution in [1.82, 2.24) is 13.9 Å². The molecule has 2 fully saturated rings. The predicted molar refractivity (Wildman–Crippen MR) is 138 cm³/mol. The van der Waals surface area contributed by atoms with Crippen molar-refractivity contribution >= 4 is 32.9 Å². The second-order valence-corrected chi connectivity index (χ2v) is 11.7. The first-order valence-corrected chi connectivity index (χ1v) is 14.2. The number of hydrogen-bond acceptors (Lipinski definition) is 8. The van der Waals surface area contributed by atoms with Crippen molar-refractivity contribution in [2.45, 2.75) is 63.1 Å². The Kier molecular flexibility index (Phi) is 7.30. The maximum absolute atomic E-state index is 13.4. The van der Waals surface area contributed by atoms with Crippen molar-refractivity contribution in [2.24, 2.45) is 17.7 Å². The van der Waals surface area contributed by atoms with E-state index in [0.29, 0.717) is 25.2 Å². The minimum atomic E-state index is -3.85. The average Bonchev–Trinajstić information content (AvgIpc) is 3.52. The van der Waals surface area contributed by atoms with E-state index in [1.165, 1.54) is 12.4 Å². The van der Waals surface area contributed by atoms with Gasteiger partial charge in [-0.05, 0) is 56.7 Å². The number of rotatable bonds is 7. The number of nitrogens with two attached hydrogens (primary N) is 1. The monoisotopic (exact) mass is 527 g/mol. The van der Waals surface area contributed by atoms with Crippen molar-refractivity contribution in [3.8, 4) is 0 Å². The van der Waals surface area contributed by atoms with Crippen molar-refractivity contribution in [1.29, 1.82) is 0 Å². The van der Waals surface area contributed by atoms with Gasteiger partial charge in [-0.2, -0.15) is 0 Å². The molecule has 0 bridgehead atoms. The molecule has 2 N–H and O–H groups in total. The first kappa shape index (κ1) is 25.8. The molecule has 3 unspecified atom stereocenters. The number of amides is 1. The number of nitrogens with zero attached hydrogens (tertiary/aromatic N) is 4. The van der Waals surface area contributed by atoms with Gasteiger partial charge in [-0.15, -0.1) is 0 Å². The summed E-state index contributed by atoms with van der Waals surface area (Å²) in [7, 11) is -3.85. The van der Waals surface area contributed by atoms with Crippen LogP contribution in [0, 0.1) is 18.8 Å². The number of fused-ring (bicyclic) bond motifs is 1. The Morgan fingerprint density at radius 3 is 2.59 bits per heavy atom. The van der Waals surface area contributed by atoms with Gasteiger partial charge in [0.25, 0.3) is 10.0 Å². The third-order valence-electron chi connectivity index (χ3n) is 7.45. The molecule has 37 heavy (non-hydrogen) atoms. The molecule has 2 aliphatic rings. The normalized spacial score (nSPS) is 22.9. The molecular formula is C26H33N5O5S. The lowest BCUT2D eigenvalue weighted by Gasteiger charge is -2.26. The smallest absolute Gasteiger partial charge is 0.269 e. The summed E-state index contributed by atoms with van der Waals surface area (Å²) in [5, 5.41) is 1.04. The molecule has 3 heterocycles. The van der Waals surface area contributed by atoms with Crippen LogP contribution in [-0.2, 0) is 24.3 Å². The maximum Gasteiger partial charge on any atom is 0.269 e. The van der Waals surface area contributed by atoms with Crippen molar-refractivity contribution in [3.05, 3.63) is 48.3 Å². The predicted octanol–water partition coefficient (Wildman–Crippen LogP) is 3.18. The summed E-state index contributed by atoms with van der Waals surface area (Å²) in [6.07, 6.45) is 6.99. The molecule has 198 valence electrons. The number of hydrazine groups is 1. The summed E-state index contributed by atoms with van der Waals surface area (Å²) in [4.78, 5) is 22.4. The first-order chi connectivity index (χ1) is 17.8. The highest BCUT2D eigenvalue weighted by Gasteiger charge is 2.41. The summed E-state index contributed by atoms with van der Waals surface area (Å²) in [5.74, 6) is 6.09. The van der Waals surface area contributed by atoms with Gasteiger partial charge in [-0.3, -0.25) is 4.79 Å². The number of aryl methyl sites for hydroxylation is 1. The summed E-state index contributed by atoms with van der Waals surface area (Å²) < 4.78 is 39.1. The molecule has 5 rings (SSSR count). The third-order valence-corrected chi connectivity index (χ3v) is 9.13. The molecule has 0 radical (unpaired) electrons. The van der Waals surface area contributed by atoms with E-state index < -0.39 is 10.0 Å². The Morgan fingerprint density at radius 2 is 1.89 bits per heavy atom. The fraction of sp³-hybridized carbons (Fsp3) is 0.500. The molecule has 1 amide bonds. The number of ether oxygens (including phenoxy) is 2. The lowest BCUT2D eigenvalue weighted by atomic mass is 9.93.